The second-order valence-electron chi connectivity index (χ2n) is 1.86. The topological polar surface area (TPSA) is 109 Å². The highest BCUT2D eigenvalue weighted by Gasteiger charge is 2.10. The third-order valence-electron chi connectivity index (χ3n) is 0.827. The monoisotopic (exact) mass is 182 g/mol. The van der Waals surface area contributed by atoms with Gasteiger partial charge in [-0.05, 0) is 6.42 Å². The van der Waals surface area contributed by atoms with Crippen molar-refractivity contribution in [3.8, 4) is 0 Å². The van der Waals surface area contributed by atoms with Gasteiger partial charge in [-0.2, -0.15) is 0 Å². The summed E-state index contributed by atoms with van der Waals surface area (Å²) in [5.74, 6) is -0.299. The molecule has 0 saturated heterocycles. The molecule has 0 aliphatic heterocycles. The van der Waals surface area contributed by atoms with Crippen LogP contribution in [0.25, 0.3) is 0 Å². The summed E-state index contributed by atoms with van der Waals surface area (Å²) in [5.41, 5.74) is 4.56. The number of primary amides is 1. The highest BCUT2D eigenvalue weighted by Crippen LogP contribution is 1.87. The number of nitrogens with two attached hydrogens (primary N) is 1. The van der Waals surface area contributed by atoms with Gasteiger partial charge in [-0.25, -0.2) is 17.9 Å². The molecule has 2 amide bonds. The van der Waals surface area contributed by atoms with Crippen molar-refractivity contribution in [1.82, 2.24) is 4.72 Å². The van der Waals surface area contributed by atoms with E-state index in [-0.39, 0.29) is 18.8 Å². The standard InChI is InChI=1S/C4H10N2O4S/c5-4(8)6-11(9,10)3-1-2-7/h7H,1-3H2,(H3,5,6,8). The van der Waals surface area contributed by atoms with Crippen molar-refractivity contribution in [3.63, 3.8) is 0 Å². The Labute approximate surface area is 64.4 Å². The van der Waals surface area contributed by atoms with Crippen LogP contribution in [0.15, 0.2) is 0 Å². The molecular formula is C4H10N2O4S. The Balaban J connectivity index is 3.92. The minimum Gasteiger partial charge on any atom is -0.396 e. The highest BCUT2D eigenvalue weighted by atomic mass is 32.2. The van der Waals surface area contributed by atoms with Crippen LogP contribution in [0, 0.1) is 0 Å². The molecule has 0 rings (SSSR count). The largest absolute Gasteiger partial charge is 0.396 e. The zero-order valence-corrected chi connectivity index (χ0v) is 6.60. The molecular weight excluding hydrogens is 172 g/mol. The predicted octanol–water partition coefficient (Wildman–Crippen LogP) is -1.63. The molecule has 0 aliphatic carbocycles. The van der Waals surface area contributed by atoms with Gasteiger partial charge in [-0.15, -0.1) is 0 Å². The van der Waals surface area contributed by atoms with Crippen molar-refractivity contribution in [3.05, 3.63) is 0 Å². The fourth-order valence-corrected chi connectivity index (χ4v) is 1.38. The first kappa shape index (κ1) is 10.2. The fourth-order valence-electron chi connectivity index (χ4n) is 0.459. The van der Waals surface area contributed by atoms with Crippen LogP contribution in [0.4, 0.5) is 4.79 Å². The minimum atomic E-state index is -3.63. The maximum Gasteiger partial charge on any atom is 0.325 e. The van der Waals surface area contributed by atoms with Gasteiger partial charge in [0.15, 0.2) is 0 Å². The summed E-state index contributed by atoms with van der Waals surface area (Å²) < 4.78 is 22.9. The Hall–Kier alpha value is -0.820. The molecule has 0 aromatic rings. The molecule has 0 heterocycles. The van der Waals surface area contributed by atoms with E-state index in [1.54, 1.807) is 4.72 Å². The number of rotatable bonds is 4. The summed E-state index contributed by atoms with van der Waals surface area (Å²) in [4.78, 5) is 10.0. The van der Waals surface area contributed by atoms with E-state index >= 15 is 0 Å². The maximum atomic E-state index is 10.7. The summed E-state index contributed by atoms with van der Waals surface area (Å²) in [6, 6.07) is -1.11. The van der Waals surface area contributed by atoms with Crippen molar-refractivity contribution in [2.75, 3.05) is 12.4 Å². The fraction of sp³-hybridized carbons (Fsp3) is 0.750. The lowest BCUT2D eigenvalue weighted by Crippen LogP contribution is -2.36. The number of hydrogen-bond donors (Lipinski definition) is 3. The quantitative estimate of drug-likeness (QED) is 0.484. The Morgan fingerprint density at radius 2 is 2.09 bits per heavy atom. The zero-order chi connectivity index (χ0) is 8.91. The zero-order valence-electron chi connectivity index (χ0n) is 5.78. The number of aliphatic hydroxyl groups excluding tert-OH is 1. The summed E-state index contributed by atoms with van der Waals surface area (Å²) in [7, 11) is -3.63. The maximum absolute atomic E-state index is 10.7. The molecule has 0 fully saturated rings. The molecule has 4 N–H and O–H groups in total. The molecule has 0 unspecified atom stereocenters. The molecule has 11 heavy (non-hydrogen) atoms. The van der Waals surface area contributed by atoms with Gasteiger partial charge in [-0.3, -0.25) is 0 Å². The number of aliphatic hydroxyl groups is 1. The smallest absolute Gasteiger partial charge is 0.325 e. The van der Waals surface area contributed by atoms with Crippen LogP contribution in [0.5, 0.6) is 0 Å². The van der Waals surface area contributed by atoms with Crippen molar-refractivity contribution < 1.29 is 18.3 Å². The lowest BCUT2D eigenvalue weighted by molar-refractivity contribution is 0.253. The molecule has 0 bridgehead atoms. The first-order valence-electron chi connectivity index (χ1n) is 2.89. The van der Waals surface area contributed by atoms with Crippen molar-refractivity contribution in [2.45, 2.75) is 6.42 Å². The molecule has 0 aromatic carbocycles. The van der Waals surface area contributed by atoms with E-state index in [1.165, 1.54) is 0 Å². The van der Waals surface area contributed by atoms with E-state index in [9.17, 15) is 13.2 Å². The summed E-state index contributed by atoms with van der Waals surface area (Å²) in [5, 5.41) is 8.26. The first-order valence-corrected chi connectivity index (χ1v) is 4.54. The second kappa shape index (κ2) is 4.14. The van der Waals surface area contributed by atoms with E-state index in [0.717, 1.165) is 0 Å². The number of hydrogen-bond acceptors (Lipinski definition) is 4. The van der Waals surface area contributed by atoms with Crippen LogP contribution < -0.4 is 10.5 Å². The van der Waals surface area contributed by atoms with Gasteiger partial charge in [0, 0.05) is 6.61 Å². The van der Waals surface area contributed by atoms with Gasteiger partial charge in [0.2, 0.25) is 10.0 Å². The van der Waals surface area contributed by atoms with Crippen LogP contribution in [0.2, 0.25) is 0 Å². The van der Waals surface area contributed by atoms with Crippen molar-refractivity contribution in [2.24, 2.45) is 5.73 Å². The summed E-state index contributed by atoms with van der Waals surface area (Å²) in [6.45, 7) is -0.236. The third-order valence-corrected chi connectivity index (χ3v) is 2.17. The van der Waals surface area contributed by atoms with Crippen LogP contribution in [0.3, 0.4) is 0 Å². The number of amides is 2. The Morgan fingerprint density at radius 1 is 1.55 bits per heavy atom. The average molecular weight is 182 g/mol. The molecule has 6 nitrogen and oxygen atoms in total. The van der Waals surface area contributed by atoms with Gasteiger partial charge in [0.25, 0.3) is 0 Å². The van der Waals surface area contributed by atoms with Crippen LogP contribution in [0.1, 0.15) is 6.42 Å². The van der Waals surface area contributed by atoms with Crippen molar-refractivity contribution >= 4 is 16.1 Å². The molecule has 7 heteroatoms. The average Bonchev–Trinajstić information content (AvgIpc) is 1.81. The van der Waals surface area contributed by atoms with Crippen LogP contribution >= 0.6 is 0 Å². The Kier molecular flexibility index (Phi) is 3.83. The lowest BCUT2D eigenvalue weighted by Gasteiger charge is -2.01. The number of carbonyl (C=O) groups excluding carboxylic acids is 1. The molecule has 0 spiro atoms. The van der Waals surface area contributed by atoms with Crippen LogP contribution in [-0.4, -0.2) is 31.9 Å². The number of urea groups is 1. The molecule has 0 saturated carbocycles. The second-order valence-corrected chi connectivity index (χ2v) is 3.70. The van der Waals surface area contributed by atoms with Crippen LogP contribution in [-0.2, 0) is 10.0 Å². The van der Waals surface area contributed by atoms with Gasteiger partial charge >= 0.3 is 6.03 Å². The molecule has 0 radical (unpaired) electrons. The van der Waals surface area contributed by atoms with E-state index in [1.807, 2.05) is 0 Å². The first-order chi connectivity index (χ1) is 4.98. The molecule has 0 atom stereocenters. The van der Waals surface area contributed by atoms with Crippen molar-refractivity contribution in [1.29, 1.82) is 0 Å². The van der Waals surface area contributed by atoms with E-state index in [0.29, 0.717) is 0 Å². The molecule has 0 aliphatic rings. The normalized spacial score (nSPS) is 11.0. The SMILES string of the molecule is NC(=O)NS(=O)(=O)CCCO. The summed E-state index contributed by atoms with van der Waals surface area (Å²) >= 11 is 0. The molecule has 0 aromatic heterocycles. The van der Waals surface area contributed by atoms with Gasteiger partial charge < -0.3 is 10.8 Å². The number of carbonyl (C=O) groups is 1. The van der Waals surface area contributed by atoms with Gasteiger partial charge in [0.05, 0.1) is 5.75 Å². The Bertz CT molecular complexity index is 222. The lowest BCUT2D eigenvalue weighted by atomic mass is 10.5. The van der Waals surface area contributed by atoms with Gasteiger partial charge in [0.1, 0.15) is 0 Å². The number of nitrogens with one attached hydrogen (secondary N) is 1. The number of sulfonamides is 1. The highest BCUT2D eigenvalue weighted by molar-refractivity contribution is 7.90. The van der Waals surface area contributed by atoms with E-state index in [4.69, 9.17) is 5.11 Å². The Morgan fingerprint density at radius 3 is 2.45 bits per heavy atom. The third kappa shape index (κ3) is 5.62. The predicted molar refractivity (Wildman–Crippen MR) is 38.2 cm³/mol. The van der Waals surface area contributed by atoms with E-state index in [2.05, 4.69) is 5.73 Å². The van der Waals surface area contributed by atoms with Gasteiger partial charge in [-0.1, -0.05) is 0 Å². The van der Waals surface area contributed by atoms with E-state index < -0.39 is 16.1 Å². The minimum absolute atomic E-state index is 0.0859. The summed E-state index contributed by atoms with van der Waals surface area (Å²) in [6.07, 6.45) is 0.0859. The molecule has 66 valence electrons.